The van der Waals surface area contributed by atoms with Gasteiger partial charge in [0.15, 0.2) is 21.3 Å². The number of allylic oxidation sites excluding steroid dienone is 1. The molecule has 0 bridgehead atoms. The molecular formula is C17H14ClNO4S. The van der Waals surface area contributed by atoms with Gasteiger partial charge in [0.1, 0.15) is 11.0 Å². The fourth-order valence-electron chi connectivity index (χ4n) is 2.02. The Morgan fingerprint density at radius 3 is 2.50 bits per heavy atom. The van der Waals surface area contributed by atoms with Crippen LogP contribution in [0.2, 0.25) is 5.02 Å². The van der Waals surface area contributed by atoms with E-state index in [1.807, 2.05) is 0 Å². The van der Waals surface area contributed by atoms with E-state index in [-0.39, 0.29) is 22.2 Å². The number of hydrogen-bond donors (Lipinski definition) is 1. The van der Waals surface area contributed by atoms with Gasteiger partial charge >= 0.3 is 0 Å². The van der Waals surface area contributed by atoms with E-state index >= 15 is 0 Å². The molecule has 5 nitrogen and oxygen atoms in total. The van der Waals surface area contributed by atoms with Crippen LogP contribution < -0.4 is 4.74 Å². The van der Waals surface area contributed by atoms with Crippen LogP contribution in [0.3, 0.4) is 0 Å². The summed E-state index contributed by atoms with van der Waals surface area (Å²) < 4.78 is 29.8. The first kappa shape index (κ1) is 17.9. The van der Waals surface area contributed by atoms with E-state index in [1.165, 1.54) is 25.3 Å². The molecular weight excluding hydrogens is 350 g/mol. The number of rotatable bonds is 5. The summed E-state index contributed by atoms with van der Waals surface area (Å²) in [5.74, 6) is -0.195. The molecule has 0 aliphatic carbocycles. The van der Waals surface area contributed by atoms with Crippen molar-refractivity contribution in [1.29, 1.82) is 5.26 Å². The molecule has 124 valence electrons. The molecule has 0 aliphatic heterocycles. The first-order valence-corrected chi connectivity index (χ1v) is 8.85. The molecule has 0 spiro atoms. The Morgan fingerprint density at radius 1 is 1.29 bits per heavy atom. The van der Waals surface area contributed by atoms with Gasteiger partial charge in [0, 0.05) is 5.02 Å². The fourth-order valence-corrected chi connectivity index (χ4v) is 3.39. The van der Waals surface area contributed by atoms with Gasteiger partial charge in [0.25, 0.3) is 0 Å². The van der Waals surface area contributed by atoms with Crippen LogP contribution in [0.15, 0.2) is 47.4 Å². The number of nitriles is 1. The van der Waals surface area contributed by atoms with E-state index in [4.69, 9.17) is 16.3 Å². The molecule has 1 N–H and O–H groups in total. The van der Waals surface area contributed by atoms with Crippen LogP contribution in [-0.4, -0.2) is 20.6 Å². The van der Waals surface area contributed by atoms with Crippen LogP contribution >= 0.6 is 11.6 Å². The molecule has 0 saturated heterocycles. The Balaban J connectivity index is 2.33. The molecule has 2 rings (SSSR count). The highest BCUT2D eigenvalue weighted by atomic mass is 35.5. The van der Waals surface area contributed by atoms with E-state index in [2.05, 4.69) is 0 Å². The minimum Gasteiger partial charge on any atom is -0.504 e. The summed E-state index contributed by atoms with van der Waals surface area (Å²) in [6, 6.07) is 12.4. The van der Waals surface area contributed by atoms with Crippen molar-refractivity contribution in [1.82, 2.24) is 0 Å². The van der Waals surface area contributed by atoms with E-state index in [9.17, 15) is 18.8 Å². The molecule has 24 heavy (non-hydrogen) atoms. The Labute approximate surface area is 145 Å². The highest BCUT2D eigenvalue weighted by Crippen LogP contribution is 2.28. The summed E-state index contributed by atoms with van der Waals surface area (Å²) in [6.07, 6.45) is 1.21. The molecule has 0 unspecified atom stereocenters. The van der Waals surface area contributed by atoms with E-state index in [1.54, 1.807) is 36.4 Å². The number of nitrogens with zero attached hydrogens (tertiary/aromatic N) is 1. The Bertz CT molecular complexity index is 913. The predicted octanol–water partition coefficient (Wildman–Crippen LogP) is 3.53. The van der Waals surface area contributed by atoms with Crippen molar-refractivity contribution >= 4 is 27.5 Å². The Hall–Kier alpha value is -2.49. The number of aromatic hydroxyl groups is 1. The molecule has 0 radical (unpaired) electrons. The lowest BCUT2D eigenvalue weighted by Crippen LogP contribution is -2.06. The zero-order valence-corrected chi connectivity index (χ0v) is 14.3. The number of halogens is 1. The lowest BCUT2D eigenvalue weighted by Gasteiger charge is -2.06. The zero-order valence-electron chi connectivity index (χ0n) is 12.7. The first-order valence-electron chi connectivity index (χ1n) is 6.82. The number of hydrogen-bond acceptors (Lipinski definition) is 5. The second kappa shape index (κ2) is 7.39. The molecule has 0 aliphatic rings. The Morgan fingerprint density at radius 2 is 1.96 bits per heavy atom. The van der Waals surface area contributed by atoms with Crippen molar-refractivity contribution in [3.05, 3.63) is 63.5 Å². The maximum absolute atomic E-state index is 12.4. The topological polar surface area (TPSA) is 87.4 Å². The minimum absolute atomic E-state index is 0.140. The third kappa shape index (κ3) is 4.28. The quantitative estimate of drug-likeness (QED) is 0.821. The third-order valence-electron chi connectivity index (χ3n) is 3.22. The van der Waals surface area contributed by atoms with Crippen molar-refractivity contribution in [2.45, 2.75) is 5.75 Å². The van der Waals surface area contributed by atoms with Gasteiger partial charge < -0.3 is 9.84 Å². The lowest BCUT2D eigenvalue weighted by molar-refractivity contribution is 0.373. The number of phenolic OH excluding ortho intramolecular Hbond substituents is 1. The number of ether oxygens (including phenoxy) is 1. The second-order valence-corrected chi connectivity index (χ2v) is 7.33. The van der Waals surface area contributed by atoms with Crippen molar-refractivity contribution in [3.63, 3.8) is 0 Å². The van der Waals surface area contributed by atoms with Gasteiger partial charge in [0.05, 0.1) is 12.9 Å². The van der Waals surface area contributed by atoms with Crippen LogP contribution in [0.1, 0.15) is 11.1 Å². The number of methoxy groups -OCH3 is 1. The molecule has 0 atom stereocenters. The van der Waals surface area contributed by atoms with Crippen LogP contribution in [0.4, 0.5) is 0 Å². The number of phenols is 1. The van der Waals surface area contributed by atoms with Gasteiger partial charge in [-0.05, 0) is 41.5 Å². The van der Waals surface area contributed by atoms with Crippen molar-refractivity contribution in [2.75, 3.05) is 7.11 Å². The molecule has 0 heterocycles. The monoisotopic (exact) mass is 363 g/mol. The molecule has 0 aromatic heterocycles. The van der Waals surface area contributed by atoms with Gasteiger partial charge in [0.2, 0.25) is 0 Å². The van der Waals surface area contributed by atoms with Gasteiger partial charge in [-0.1, -0.05) is 29.8 Å². The van der Waals surface area contributed by atoms with Gasteiger partial charge in [-0.15, -0.1) is 0 Å². The van der Waals surface area contributed by atoms with E-state index in [0.717, 1.165) is 0 Å². The number of sulfone groups is 1. The van der Waals surface area contributed by atoms with Crippen molar-refractivity contribution in [3.8, 4) is 17.6 Å². The maximum Gasteiger partial charge on any atom is 0.192 e. The maximum atomic E-state index is 12.4. The van der Waals surface area contributed by atoms with E-state index < -0.39 is 9.84 Å². The first-order chi connectivity index (χ1) is 11.4. The summed E-state index contributed by atoms with van der Waals surface area (Å²) in [7, 11) is -2.42. The summed E-state index contributed by atoms with van der Waals surface area (Å²) in [5.41, 5.74) is 0.905. The molecule has 7 heteroatoms. The summed E-state index contributed by atoms with van der Waals surface area (Å²) in [6.45, 7) is 0. The Kier molecular flexibility index (Phi) is 5.50. The van der Waals surface area contributed by atoms with Gasteiger partial charge in [-0.25, -0.2) is 8.42 Å². The lowest BCUT2D eigenvalue weighted by atomic mass is 10.2. The van der Waals surface area contributed by atoms with Crippen LogP contribution in [0, 0.1) is 11.3 Å². The highest BCUT2D eigenvalue weighted by molar-refractivity contribution is 7.95. The average molecular weight is 364 g/mol. The average Bonchev–Trinajstić information content (AvgIpc) is 2.54. The largest absolute Gasteiger partial charge is 0.504 e. The molecule has 2 aromatic rings. The summed E-state index contributed by atoms with van der Waals surface area (Å²) >= 11 is 5.77. The van der Waals surface area contributed by atoms with Gasteiger partial charge in [-0.3, -0.25) is 0 Å². The molecule has 0 amide bonds. The molecule has 0 fully saturated rings. The normalized spacial score (nSPS) is 11.8. The van der Waals surface area contributed by atoms with Gasteiger partial charge in [-0.2, -0.15) is 5.26 Å². The van der Waals surface area contributed by atoms with Crippen LogP contribution in [0.25, 0.3) is 6.08 Å². The minimum atomic E-state index is -3.82. The van der Waals surface area contributed by atoms with Crippen LogP contribution in [-0.2, 0) is 15.6 Å². The molecule has 0 saturated carbocycles. The standard InChI is InChI=1S/C17H14ClNO4S/c1-23-17-7-4-13(9-16(17)20)8-15(10-19)24(21,22)11-12-2-5-14(18)6-3-12/h2-9,20H,11H2,1H3/b15-8+. The van der Waals surface area contributed by atoms with E-state index in [0.29, 0.717) is 16.1 Å². The number of benzene rings is 2. The highest BCUT2D eigenvalue weighted by Gasteiger charge is 2.19. The van der Waals surface area contributed by atoms with Crippen molar-refractivity contribution < 1.29 is 18.3 Å². The van der Waals surface area contributed by atoms with Crippen molar-refractivity contribution in [2.24, 2.45) is 0 Å². The fraction of sp³-hybridized carbons (Fsp3) is 0.118. The third-order valence-corrected chi connectivity index (χ3v) is 5.06. The smallest absolute Gasteiger partial charge is 0.192 e. The van der Waals surface area contributed by atoms with Crippen LogP contribution in [0.5, 0.6) is 11.5 Å². The second-order valence-electron chi connectivity index (χ2n) is 4.94. The zero-order chi connectivity index (χ0) is 17.7. The SMILES string of the molecule is COc1ccc(/C=C(\C#N)S(=O)(=O)Cc2ccc(Cl)cc2)cc1O. The predicted molar refractivity (Wildman–Crippen MR) is 92.3 cm³/mol. The molecule has 2 aromatic carbocycles. The summed E-state index contributed by atoms with van der Waals surface area (Å²) in [5, 5.41) is 19.5. The summed E-state index contributed by atoms with van der Waals surface area (Å²) in [4.78, 5) is -0.387.